The maximum atomic E-state index is 7.02. The molecule has 35 heavy (non-hydrogen) atoms. The van der Waals surface area contributed by atoms with Gasteiger partial charge < -0.3 is 8.85 Å². The van der Waals surface area contributed by atoms with Gasteiger partial charge in [-0.15, -0.1) is 0 Å². The van der Waals surface area contributed by atoms with Gasteiger partial charge in [0.15, 0.2) is 0 Å². The van der Waals surface area contributed by atoms with E-state index in [1.165, 1.54) is 94.1 Å². The van der Waals surface area contributed by atoms with Crippen LogP contribution in [0.2, 0.25) is 36.3 Å². The van der Waals surface area contributed by atoms with Crippen molar-refractivity contribution >= 4 is 16.6 Å². The smallest absolute Gasteiger partial charge is 0.251 e. The van der Waals surface area contributed by atoms with E-state index in [-0.39, 0.29) is 0 Å². The highest BCUT2D eigenvalue weighted by Crippen LogP contribution is 2.36. The zero-order valence-corrected chi connectivity index (χ0v) is 25.2. The Kier molecular flexibility index (Phi) is 14.4. The zero-order chi connectivity index (χ0) is 25.2. The SMILES string of the molecule is CCCC[Si](CCCC)(CCC[Si](CCCC)(CCCC)Oc1ccccc1)Oc1ccccc1. The van der Waals surface area contributed by atoms with Gasteiger partial charge in [0, 0.05) is 0 Å². The van der Waals surface area contributed by atoms with Crippen LogP contribution in [0.15, 0.2) is 60.7 Å². The lowest BCUT2D eigenvalue weighted by molar-refractivity contribution is 0.501. The van der Waals surface area contributed by atoms with Crippen LogP contribution in [-0.2, 0) is 0 Å². The van der Waals surface area contributed by atoms with Crippen LogP contribution in [0, 0.1) is 0 Å². The first-order valence-electron chi connectivity index (χ1n) is 14.6. The van der Waals surface area contributed by atoms with Crippen molar-refractivity contribution in [1.82, 2.24) is 0 Å². The molecular formula is C31H52O2Si2. The van der Waals surface area contributed by atoms with E-state index in [1.807, 2.05) is 0 Å². The van der Waals surface area contributed by atoms with Crippen LogP contribution in [0.3, 0.4) is 0 Å². The van der Waals surface area contributed by atoms with Crippen LogP contribution >= 0.6 is 0 Å². The van der Waals surface area contributed by atoms with Crippen molar-refractivity contribution in [2.75, 3.05) is 0 Å². The summed E-state index contributed by atoms with van der Waals surface area (Å²) in [5, 5.41) is 0. The van der Waals surface area contributed by atoms with Gasteiger partial charge in [-0.1, -0.05) is 122 Å². The fourth-order valence-electron chi connectivity index (χ4n) is 5.26. The summed E-state index contributed by atoms with van der Waals surface area (Å²) in [5.74, 6) is 2.18. The van der Waals surface area contributed by atoms with Crippen molar-refractivity contribution in [2.24, 2.45) is 0 Å². The standard InChI is InChI=1S/C31H52O2Si2/c1-5-9-24-34(25-10-6-2,32-30-20-15-13-16-21-30)28-19-29-35(26-11-7-3,27-12-8-4)33-31-22-17-14-18-23-31/h13-18,20-23H,5-12,19,24-29H2,1-4H3. The lowest BCUT2D eigenvalue weighted by atomic mass is 10.3. The van der Waals surface area contributed by atoms with Crippen LogP contribution in [-0.4, -0.2) is 16.6 Å². The van der Waals surface area contributed by atoms with Crippen LogP contribution < -0.4 is 8.85 Å². The summed E-state index contributed by atoms with van der Waals surface area (Å²) in [6.45, 7) is 9.29. The average molecular weight is 513 g/mol. The molecule has 0 aliphatic heterocycles. The number of para-hydroxylation sites is 2. The van der Waals surface area contributed by atoms with Gasteiger partial charge in [0.2, 0.25) is 0 Å². The highest BCUT2D eigenvalue weighted by Gasteiger charge is 2.39. The first-order valence-corrected chi connectivity index (χ1v) is 19.6. The second-order valence-electron chi connectivity index (χ2n) is 10.5. The summed E-state index contributed by atoms with van der Waals surface area (Å²) in [6, 6.07) is 29.0. The largest absolute Gasteiger partial charge is 0.543 e. The average Bonchev–Trinajstić information content (AvgIpc) is 2.89. The number of hydrogen-bond acceptors (Lipinski definition) is 2. The molecule has 0 bridgehead atoms. The third-order valence-electron chi connectivity index (χ3n) is 7.36. The van der Waals surface area contributed by atoms with E-state index in [1.54, 1.807) is 0 Å². The van der Waals surface area contributed by atoms with Gasteiger partial charge in [-0.25, -0.2) is 0 Å². The third-order valence-corrected chi connectivity index (χ3v) is 16.3. The quantitative estimate of drug-likeness (QED) is 0.164. The van der Waals surface area contributed by atoms with Crippen LogP contribution in [0.25, 0.3) is 0 Å². The summed E-state index contributed by atoms with van der Waals surface area (Å²) in [6.07, 6.45) is 11.4. The molecule has 0 aliphatic rings. The molecule has 196 valence electrons. The fraction of sp³-hybridized carbons (Fsp3) is 0.613. The van der Waals surface area contributed by atoms with Crippen molar-refractivity contribution in [3.8, 4) is 11.5 Å². The summed E-state index contributed by atoms with van der Waals surface area (Å²) in [7, 11) is -3.73. The molecule has 0 atom stereocenters. The Morgan fingerprint density at radius 2 is 0.714 bits per heavy atom. The summed E-state index contributed by atoms with van der Waals surface area (Å²) in [4.78, 5) is 0. The molecule has 0 radical (unpaired) electrons. The van der Waals surface area contributed by atoms with Gasteiger partial charge >= 0.3 is 0 Å². The summed E-state index contributed by atoms with van der Waals surface area (Å²) >= 11 is 0. The minimum atomic E-state index is -1.87. The summed E-state index contributed by atoms with van der Waals surface area (Å²) < 4.78 is 14.0. The van der Waals surface area contributed by atoms with Crippen molar-refractivity contribution in [1.29, 1.82) is 0 Å². The molecule has 0 unspecified atom stereocenters. The first kappa shape index (κ1) is 29.7. The van der Waals surface area contributed by atoms with Gasteiger partial charge in [0.25, 0.3) is 16.6 Å². The molecule has 0 N–H and O–H groups in total. The second-order valence-corrected chi connectivity index (χ2v) is 18.6. The number of rotatable bonds is 20. The predicted octanol–water partition coefficient (Wildman–Crippen LogP) is 10.6. The lowest BCUT2D eigenvalue weighted by Crippen LogP contribution is -2.44. The molecule has 2 aromatic rings. The Morgan fingerprint density at radius 3 is 1.00 bits per heavy atom. The van der Waals surface area contributed by atoms with Crippen LogP contribution in [0.4, 0.5) is 0 Å². The molecule has 0 aromatic heterocycles. The maximum absolute atomic E-state index is 7.02. The van der Waals surface area contributed by atoms with Gasteiger partial charge in [-0.2, -0.15) is 0 Å². The number of unbranched alkanes of at least 4 members (excludes halogenated alkanes) is 4. The zero-order valence-electron chi connectivity index (χ0n) is 23.2. The Morgan fingerprint density at radius 1 is 0.429 bits per heavy atom. The van der Waals surface area contributed by atoms with E-state index in [0.717, 1.165) is 11.5 Å². The van der Waals surface area contributed by atoms with Gasteiger partial charge in [-0.3, -0.25) is 0 Å². The van der Waals surface area contributed by atoms with Crippen molar-refractivity contribution in [2.45, 2.75) is 122 Å². The maximum Gasteiger partial charge on any atom is 0.251 e. The molecule has 4 heteroatoms. The van der Waals surface area contributed by atoms with Gasteiger partial charge in [-0.05, 0) is 60.5 Å². The Labute approximate surface area is 219 Å². The number of benzene rings is 2. The fourth-order valence-corrected chi connectivity index (χ4v) is 14.6. The van der Waals surface area contributed by atoms with E-state index in [2.05, 4.69) is 88.4 Å². The highest BCUT2D eigenvalue weighted by molar-refractivity contribution is 6.76. The normalized spacial score (nSPS) is 12.0. The van der Waals surface area contributed by atoms with Crippen molar-refractivity contribution < 1.29 is 8.85 Å². The molecule has 0 amide bonds. The molecule has 2 aromatic carbocycles. The molecule has 0 aliphatic carbocycles. The summed E-state index contributed by atoms with van der Waals surface area (Å²) in [5.41, 5.74) is 0. The van der Waals surface area contributed by atoms with E-state index >= 15 is 0 Å². The van der Waals surface area contributed by atoms with Crippen molar-refractivity contribution in [3.63, 3.8) is 0 Å². The Hall–Kier alpha value is -1.53. The topological polar surface area (TPSA) is 18.5 Å². The van der Waals surface area contributed by atoms with E-state index < -0.39 is 16.6 Å². The molecule has 0 fully saturated rings. The molecule has 0 heterocycles. The van der Waals surface area contributed by atoms with Gasteiger partial charge in [0.05, 0.1) is 0 Å². The minimum absolute atomic E-state index is 1.09. The molecule has 2 nitrogen and oxygen atoms in total. The minimum Gasteiger partial charge on any atom is -0.543 e. The highest BCUT2D eigenvalue weighted by atomic mass is 28.4. The molecule has 2 rings (SSSR count). The first-order chi connectivity index (χ1) is 17.1. The van der Waals surface area contributed by atoms with Gasteiger partial charge in [0.1, 0.15) is 11.5 Å². The number of hydrogen-bond donors (Lipinski definition) is 0. The molecule has 0 saturated carbocycles. The van der Waals surface area contributed by atoms with Crippen LogP contribution in [0.5, 0.6) is 11.5 Å². The predicted molar refractivity (Wildman–Crippen MR) is 159 cm³/mol. The third kappa shape index (κ3) is 11.0. The molecule has 0 spiro atoms. The second kappa shape index (κ2) is 17.0. The molecule has 0 saturated heterocycles. The van der Waals surface area contributed by atoms with E-state index in [9.17, 15) is 0 Å². The lowest BCUT2D eigenvalue weighted by Gasteiger charge is -2.36. The Bertz CT molecular complexity index is 685. The van der Waals surface area contributed by atoms with Crippen LogP contribution in [0.1, 0.15) is 85.5 Å². The Balaban J connectivity index is 2.23. The van der Waals surface area contributed by atoms with E-state index in [4.69, 9.17) is 8.85 Å². The molecular weight excluding hydrogens is 461 g/mol. The van der Waals surface area contributed by atoms with E-state index in [0.29, 0.717) is 0 Å². The monoisotopic (exact) mass is 512 g/mol. The van der Waals surface area contributed by atoms with Crippen molar-refractivity contribution in [3.05, 3.63) is 60.7 Å².